The third-order valence-corrected chi connectivity index (χ3v) is 3.90. The van der Waals surface area contributed by atoms with E-state index < -0.39 is 17.4 Å². The van der Waals surface area contributed by atoms with Crippen molar-refractivity contribution in [2.75, 3.05) is 14.2 Å². The van der Waals surface area contributed by atoms with Crippen molar-refractivity contribution in [3.8, 4) is 11.5 Å². The summed E-state index contributed by atoms with van der Waals surface area (Å²) < 4.78 is 10.9. The Labute approximate surface area is 137 Å². The van der Waals surface area contributed by atoms with Crippen LogP contribution in [0.15, 0.2) is 16.6 Å². The quantitative estimate of drug-likeness (QED) is 0.767. The molecule has 0 aliphatic heterocycles. The second-order valence-electron chi connectivity index (χ2n) is 5.03. The van der Waals surface area contributed by atoms with Crippen molar-refractivity contribution in [3.05, 3.63) is 22.2 Å². The van der Waals surface area contributed by atoms with Crippen molar-refractivity contribution in [2.24, 2.45) is 0 Å². The number of hydrogen-bond acceptors (Lipinski definition) is 4. The van der Waals surface area contributed by atoms with Gasteiger partial charge in [0.15, 0.2) is 11.5 Å². The second-order valence-corrected chi connectivity index (χ2v) is 5.89. The maximum absolute atomic E-state index is 12.4. The first-order valence-electron chi connectivity index (χ1n) is 6.76. The van der Waals surface area contributed by atoms with Crippen LogP contribution in [0.4, 0.5) is 0 Å². The lowest BCUT2D eigenvalue weighted by atomic mass is 9.95. The number of benzene rings is 1. The highest BCUT2D eigenvalue weighted by Gasteiger charge is 2.34. The van der Waals surface area contributed by atoms with Crippen molar-refractivity contribution in [2.45, 2.75) is 32.2 Å². The number of halogens is 1. The van der Waals surface area contributed by atoms with E-state index in [1.165, 1.54) is 27.2 Å². The summed E-state index contributed by atoms with van der Waals surface area (Å²) in [6.45, 7) is 3.35. The molecule has 1 aromatic carbocycles. The van der Waals surface area contributed by atoms with Crippen LogP contribution in [0.3, 0.4) is 0 Å². The average Bonchev–Trinajstić information content (AvgIpc) is 2.46. The molecule has 1 amide bonds. The zero-order valence-corrected chi connectivity index (χ0v) is 14.6. The van der Waals surface area contributed by atoms with Gasteiger partial charge in [-0.05, 0) is 41.4 Å². The summed E-state index contributed by atoms with van der Waals surface area (Å²) in [6.07, 6.45) is 0.973. The lowest BCUT2D eigenvalue weighted by Gasteiger charge is -2.26. The Bertz CT molecular complexity index is 575. The summed E-state index contributed by atoms with van der Waals surface area (Å²) in [5, 5.41) is 11.9. The summed E-state index contributed by atoms with van der Waals surface area (Å²) in [5.74, 6) is -0.703. The minimum absolute atomic E-state index is 0.285. The molecule has 0 spiro atoms. The molecule has 7 heteroatoms. The molecular weight excluding hydrogens is 354 g/mol. The molecule has 22 heavy (non-hydrogen) atoms. The van der Waals surface area contributed by atoms with Gasteiger partial charge < -0.3 is 19.9 Å². The fourth-order valence-corrected chi connectivity index (χ4v) is 2.70. The van der Waals surface area contributed by atoms with E-state index in [9.17, 15) is 14.7 Å². The standard InChI is InChI=1S/C15H20BrNO5/c1-5-6-15(2,14(19)20)17-13(18)9-7-10(16)12(22-4)11(8-9)21-3/h7-8H,5-6H2,1-4H3,(H,17,18)(H,19,20). The summed E-state index contributed by atoms with van der Waals surface area (Å²) in [5.41, 5.74) is -1.03. The molecular formula is C15H20BrNO5. The molecule has 2 N–H and O–H groups in total. The van der Waals surface area contributed by atoms with E-state index in [2.05, 4.69) is 21.2 Å². The van der Waals surface area contributed by atoms with Crippen LogP contribution in [0.2, 0.25) is 0 Å². The van der Waals surface area contributed by atoms with E-state index in [1.54, 1.807) is 6.07 Å². The molecule has 0 saturated carbocycles. The molecule has 1 unspecified atom stereocenters. The molecule has 0 aliphatic carbocycles. The van der Waals surface area contributed by atoms with Crippen LogP contribution >= 0.6 is 15.9 Å². The predicted molar refractivity (Wildman–Crippen MR) is 85.7 cm³/mol. The number of methoxy groups -OCH3 is 2. The molecule has 0 bridgehead atoms. The highest BCUT2D eigenvalue weighted by atomic mass is 79.9. The van der Waals surface area contributed by atoms with Crippen molar-refractivity contribution in [1.82, 2.24) is 5.32 Å². The van der Waals surface area contributed by atoms with Gasteiger partial charge in [0.25, 0.3) is 5.91 Å². The Kier molecular flexibility index (Phi) is 6.22. The summed E-state index contributed by atoms with van der Waals surface area (Å²) in [4.78, 5) is 23.8. The smallest absolute Gasteiger partial charge is 0.329 e. The van der Waals surface area contributed by atoms with Gasteiger partial charge in [0.1, 0.15) is 5.54 Å². The Balaban J connectivity index is 3.13. The van der Waals surface area contributed by atoms with Crippen molar-refractivity contribution < 1.29 is 24.2 Å². The van der Waals surface area contributed by atoms with Gasteiger partial charge in [-0.25, -0.2) is 4.79 Å². The number of rotatable bonds is 7. The van der Waals surface area contributed by atoms with Crippen LogP contribution in [0, 0.1) is 0 Å². The molecule has 1 aromatic rings. The highest BCUT2D eigenvalue weighted by Crippen LogP contribution is 2.36. The van der Waals surface area contributed by atoms with Gasteiger partial charge in [-0.2, -0.15) is 0 Å². The Morgan fingerprint density at radius 2 is 1.95 bits per heavy atom. The second kappa shape index (κ2) is 7.49. The van der Waals surface area contributed by atoms with Gasteiger partial charge in [0.05, 0.1) is 18.7 Å². The van der Waals surface area contributed by atoms with Crippen LogP contribution < -0.4 is 14.8 Å². The van der Waals surface area contributed by atoms with Crippen molar-refractivity contribution in [1.29, 1.82) is 0 Å². The molecule has 122 valence electrons. The van der Waals surface area contributed by atoms with E-state index in [4.69, 9.17) is 9.47 Å². The van der Waals surface area contributed by atoms with Crippen molar-refractivity contribution in [3.63, 3.8) is 0 Å². The molecule has 0 heterocycles. The molecule has 1 atom stereocenters. The van der Waals surface area contributed by atoms with E-state index in [0.717, 1.165) is 0 Å². The van der Waals surface area contributed by atoms with Crippen LogP contribution in [0.25, 0.3) is 0 Å². The van der Waals surface area contributed by atoms with Crippen LogP contribution in [-0.4, -0.2) is 36.7 Å². The lowest BCUT2D eigenvalue weighted by molar-refractivity contribution is -0.144. The van der Waals surface area contributed by atoms with Gasteiger partial charge in [0.2, 0.25) is 0 Å². The Hall–Kier alpha value is -1.76. The first kappa shape index (κ1) is 18.3. The van der Waals surface area contributed by atoms with Crippen LogP contribution in [-0.2, 0) is 4.79 Å². The summed E-state index contributed by atoms with van der Waals surface area (Å²) >= 11 is 3.31. The van der Waals surface area contributed by atoms with Gasteiger partial charge in [0, 0.05) is 5.56 Å². The molecule has 0 fully saturated rings. The fraction of sp³-hybridized carbons (Fsp3) is 0.467. The number of carbonyl (C=O) groups is 2. The number of ether oxygens (including phenoxy) is 2. The molecule has 0 aliphatic rings. The van der Waals surface area contributed by atoms with E-state index >= 15 is 0 Å². The fourth-order valence-electron chi connectivity index (χ4n) is 2.09. The highest BCUT2D eigenvalue weighted by molar-refractivity contribution is 9.10. The third-order valence-electron chi connectivity index (χ3n) is 3.31. The molecule has 0 saturated heterocycles. The Morgan fingerprint density at radius 3 is 2.41 bits per heavy atom. The number of carboxylic acids is 1. The zero-order valence-electron chi connectivity index (χ0n) is 13.0. The third kappa shape index (κ3) is 3.91. The summed E-state index contributed by atoms with van der Waals surface area (Å²) in [7, 11) is 2.95. The number of nitrogens with one attached hydrogen (secondary N) is 1. The van der Waals surface area contributed by atoms with Gasteiger partial charge in [-0.15, -0.1) is 0 Å². The first-order valence-corrected chi connectivity index (χ1v) is 7.55. The average molecular weight is 374 g/mol. The molecule has 1 rings (SSSR count). The minimum atomic E-state index is -1.31. The molecule has 6 nitrogen and oxygen atoms in total. The van der Waals surface area contributed by atoms with Gasteiger partial charge in [-0.3, -0.25) is 4.79 Å². The van der Waals surface area contributed by atoms with Crippen LogP contribution in [0.5, 0.6) is 11.5 Å². The molecule has 0 aromatic heterocycles. The zero-order chi connectivity index (χ0) is 16.9. The maximum atomic E-state index is 12.4. The molecule has 0 radical (unpaired) electrons. The topological polar surface area (TPSA) is 84.9 Å². The lowest BCUT2D eigenvalue weighted by Crippen LogP contribution is -2.52. The number of amides is 1. The van der Waals surface area contributed by atoms with E-state index in [0.29, 0.717) is 28.8 Å². The number of carbonyl (C=O) groups excluding carboxylic acids is 1. The number of carboxylic acid groups (broad SMARTS) is 1. The predicted octanol–water partition coefficient (Wildman–Crippen LogP) is 2.84. The maximum Gasteiger partial charge on any atom is 0.329 e. The van der Waals surface area contributed by atoms with Crippen LogP contribution in [0.1, 0.15) is 37.0 Å². The first-order chi connectivity index (χ1) is 10.3. The SMILES string of the molecule is CCCC(C)(NC(=O)c1cc(Br)c(OC)c(OC)c1)C(=O)O. The summed E-state index contributed by atoms with van der Waals surface area (Å²) in [6, 6.07) is 3.07. The number of aliphatic carboxylic acids is 1. The largest absolute Gasteiger partial charge is 0.493 e. The normalized spacial score (nSPS) is 13.1. The van der Waals surface area contributed by atoms with E-state index in [-0.39, 0.29) is 5.56 Å². The van der Waals surface area contributed by atoms with Gasteiger partial charge >= 0.3 is 5.97 Å². The minimum Gasteiger partial charge on any atom is -0.493 e. The monoisotopic (exact) mass is 373 g/mol. The number of hydrogen-bond donors (Lipinski definition) is 2. The van der Waals surface area contributed by atoms with Crippen molar-refractivity contribution >= 4 is 27.8 Å². The van der Waals surface area contributed by atoms with E-state index in [1.807, 2.05) is 6.92 Å². The Morgan fingerprint density at radius 1 is 1.32 bits per heavy atom. The van der Waals surface area contributed by atoms with Gasteiger partial charge in [-0.1, -0.05) is 13.3 Å².